The Morgan fingerprint density at radius 1 is 1.05 bits per heavy atom. The molecule has 3 rings (SSSR count). The number of benzene rings is 1. The molecule has 1 unspecified atom stereocenters. The molecule has 1 aromatic carbocycles. The van der Waals surface area contributed by atoms with Gasteiger partial charge in [-0.2, -0.15) is 0 Å². The molecule has 0 fully saturated rings. The van der Waals surface area contributed by atoms with Gasteiger partial charge in [0.2, 0.25) is 0 Å². The third-order valence-corrected chi connectivity index (χ3v) is 22.4. The maximum atomic E-state index is 2.60. The van der Waals surface area contributed by atoms with Crippen LogP contribution in [0.1, 0.15) is 35.0 Å². The monoisotopic (exact) mass is 426 g/mol. The molecule has 0 spiro atoms. The molecule has 4 heteroatoms. The molecule has 2 aliphatic rings. The van der Waals surface area contributed by atoms with Crippen LogP contribution in [0.15, 0.2) is 51.3 Å². The van der Waals surface area contributed by atoms with Crippen molar-refractivity contribution >= 4 is 11.0 Å². The van der Waals surface area contributed by atoms with Gasteiger partial charge in [0, 0.05) is 0 Å². The molecule has 0 aliphatic heterocycles. The number of rotatable bonds is 2. The zero-order chi connectivity index (χ0) is 14.3. The van der Waals surface area contributed by atoms with Crippen LogP contribution < -0.4 is 24.8 Å². The van der Waals surface area contributed by atoms with Gasteiger partial charge in [0.15, 0.2) is 0 Å². The van der Waals surface area contributed by atoms with E-state index in [-0.39, 0.29) is 30.2 Å². The maximum absolute atomic E-state index is 2.60. The van der Waals surface area contributed by atoms with Gasteiger partial charge in [-0.1, -0.05) is 0 Å². The second kappa shape index (κ2) is 8.29. The summed E-state index contributed by atoms with van der Waals surface area (Å²) in [6.45, 7) is 9.69. The van der Waals surface area contributed by atoms with Gasteiger partial charge in [0.05, 0.1) is 0 Å². The molecule has 0 bridgehead atoms. The van der Waals surface area contributed by atoms with E-state index in [9.17, 15) is 0 Å². The van der Waals surface area contributed by atoms with E-state index in [1.54, 1.807) is 11.1 Å². The fraction of sp³-hybridized carbons (Fsp3) is 0.333. The maximum Gasteiger partial charge on any atom is -1.00 e. The van der Waals surface area contributed by atoms with Crippen LogP contribution in [0.25, 0.3) is 5.57 Å². The number of fused-ring (bicyclic) bond motifs is 1. The van der Waals surface area contributed by atoms with E-state index in [1.165, 1.54) is 17.6 Å². The molecule has 2 aliphatic carbocycles. The van der Waals surface area contributed by atoms with Crippen molar-refractivity contribution in [2.24, 2.45) is 0 Å². The first-order chi connectivity index (χ1) is 9.58. The Morgan fingerprint density at radius 2 is 1.73 bits per heavy atom. The SMILES string of the molecule is CC1=CC=[C]([Zr+2]([CH]2C=C(C)c3ccccc32)=[Si](C)C)C1.[Cl-].[Cl-]. The summed E-state index contributed by atoms with van der Waals surface area (Å²) in [7, 11) is 0. The van der Waals surface area contributed by atoms with Crippen molar-refractivity contribution < 1.29 is 45.2 Å². The minimum absolute atomic E-state index is 0. The molecule has 0 heterocycles. The zero-order valence-corrected chi connectivity index (χ0v) is 18.6. The molecule has 1 aromatic rings. The van der Waals surface area contributed by atoms with Crippen molar-refractivity contribution in [1.82, 2.24) is 0 Å². The Labute approximate surface area is 154 Å². The number of halogens is 2. The topological polar surface area (TPSA) is 0 Å². The Morgan fingerprint density at radius 3 is 2.32 bits per heavy atom. The Kier molecular flexibility index (Phi) is 7.60. The van der Waals surface area contributed by atoms with E-state index in [0.29, 0.717) is 0 Å². The van der Waals surface area contributed by atoms with Gasteiger partial charge in [-0.3, -0.25) is 0 Å². The first kappa shape index (κ1) is 20.2. The first-order valence-corrected chi connectivity index (χ1v) is 16.2. The van der Waals surface area contributed by atoms with Crippen LogP contribution in [0, 0.1) is 0 Å². The minimum Gasteiger partial charge on any atom is -1.00 e. The molecule has 0 nitrogen and oxygen atoms in total. The predicted octanol–water partition coefficient (Wildman–Crippen LogP) is -0.744. The summed E-state index contributed by atoms with van der Waals surface area (Å²) in [5.74, 6) is 0. The molecule has 0 N–H and O–H groups in total. The van der Waals surface area contributed by atoms with Crippen molar-refractivity contribution in [3.8, 4) is 0 Å². The summed E-state index contributed by atoms with van der Waals surface area (Å²) < 4.78 is 2.65. The second-order valence-electron chi connectivity index (χ2n) is 6.21. The molecule has 1 atom stereocenters. The summed E-state index contributed by atoms with van der Waals surface area (Å²) in [4.78, 5) is 0. The summed E-state index contributed by atoms with van der Waals surface area (Å²) in [6, 6.07) is 9.11. The molecule has 0 radical (unpaired) electrons. The van der Waals surface area contributed by atoms with Gasteiger partial charge in [-0.15, -0.1) is 0 Å². The van der Waals surface area contributed by atoms with Crippen LogP contribution in [0.3, 0.4) is 0 Å². The van der Waals surface area contributed by atoms with Gasteiger partial charge in [-0.25, -0.2) is 0 Å². The Hall–Kier alpha value is 0.120. The Balaban J connectivity index is 0.00000121. The minimum atomic E-state index is -1.57. The van der Waals surface area contributed by atoms with E-state index in [0.717, 1.165) is 3.63 Å². The molecule has 0 aromatic heterocycles. The van der Waals surface area contributed by atoms with Crippen LogP contribution in [0.5, 0.6) is 0 Å². The largest absolute Gasteiger partial charge is 1.00 e. The summed E-state index contributed by atoms with van der Waals surface area (Å²) in [6.07, 6.45) is 8.71. The molecular weight excluding hydrogens is 406 g/mol. The fourth-order valence-electron chi connectivity index (χ4n) is 3.47. The summed E-state index contributed by atoms with van der Waals surface area (Å²) >= 11 is -1.57. The van der Waals surface area contributed by atoms with Crippen LogP contribution >= 0.6 is 0 Å². The van der Waals surface area contributed by atoms with E-state index in [1.807, 2.05) is 3.28 Å². The summed E-state index contributed by atoms with van der Waals surface area (Å²) in [5, 5.41) is 0. The van der Waals surface area contributed by atoms with Gasteiger partial charge < -0.3 is 24.8 Å². The van der Waals surface area contributed by atoms with Crippen molar-refractivity contribution in [2.75, 3.05) is 0 Å². The first-order valence-electron chi connectivity index (χ1n) is 7.39. The zero-order valence-electron chi connectivity index (χ0n) is 13.6. The molecule has 0 saturated carbocycles. The smallest absolute Gasteiger partial charge is 1.00 e. The van der Waals surface area contributed by atoms with Gasteiger partial charge in [0.1, 0.15) is 0 Å². The molecular formula is C18H22Cl2SiZr. The van der Waals surface area contributed by atoms with Crippen molar-refractivity contribution in [3.63, 3.8) is 0 Å². The average molecular weight is 429 g/mol. The standard InChI is InChI=1S/C10H9.C6H7.C2H6Si.2ClH.Zr/c1-8-6-7-9-4-2-3-5-10(8)9;1-6-4-2-3-5-6;1-3-2;;;/h2-7H,1H3;2,4H,5H2,1H3;1-2H3;2*1H;/q;;;;;+2/p-2. The van der Waals surface area contributed by atoms with E-state index < -0.39 is 20.4 Å². The van der Waals surface area contributed by atoms with E-state index in [4.69, 9.17) is 0 Å². The van der Waals surface area contributed by atoms with Crippen molar-refractivity contribution in [2.45, 2.75) is 37.0 Å². The van der Waals surface area contributed by atoms with Crippen LogP contribution in [0.4, 0.5) is 0 Å². The van der Waals surface area contributed by atoms with Crippen LogP contribution in [0.2, 0.25) is 13.1 Å². The van der Waals surface area contributed by atoms with Crippen LogP contribution in [-0.4, -0.2) is 5.43 Å². The predicted molar refractivity (Wildman–Crippen MR) is 86.8 cm³/mol. The third-order valence-electron chi connectivity index (χ3n) is 4.37. The molecule has 0 saturated heterocycles. The average Bonchev–Trinajstić information content (AvgIpc) is 2.96. The summed E-state index contributed by atoms with van der Waals surface area (Å²) in [5.41, 5.74) is 6.05. The third kappa shape index (κ3) is 3.78. The number of hydrogen-bond donors (Lipinski definition) is 0. The van der Waals surface area contributed by atoms with Crippen LogP contribution in [-0.2, 0) is 20.4 Å². The number of hydrogen-bond acceptors (Lipinski definition) is 0. The molecule has 22 heavy (non-hydrogen) atoms. The fourth-order valence-corrected chi connectivity index (χ4v) is 21.7. The second-order valence-corrected chi connectivity index (χ2v) is 23.9. The van der Waals surface area contributed by atoms with Gasteiger partial charge in [-0.05, 0) is 0 Å². The normalized spacial score (nSPS) is 18.0. The Bertz CT molecular complexity index is 695. The van der Waals surface area contributed by atoms with Crippen molar-refractivity contribution in [1.29, 1.82) is 0 Å². The van der Waals surface area contributed by atoms with Gasteiger partial charge in [0.25, 0.3) is 0 Å². The molecule has 0 amide bonds. The molecule has 116 valence electrons. The van der Waals surface area contributed by atoms with Gasteiger partial charge >= 0.3 is 131 Å². The van der Waals surface area contributed by atoms with Crippen molar-refractivity contribution in [3.05, 3.63) is 62.5 Å². The van der Waals surface area contributed by atoms with E-state index in [2.05, 4.69) is 69.4 Å². The quantitative estimate of drug-likeness (QED) is 0.545. The van der Waals surface area contributed by atoms with E-state index >= 15 is 0 Å². The number of allylic oxidation sites excluding steroid dienone is 6.